The van der Waals surface area contributed by atoms with E-state index in [1.165, 1.54) is 51.4 Å². The number of carbonyl (C=O) groups is 4. The summed E-state index contributed by atoms with van der Waals surface area (Å²) in [7, 11) is 0. The molecule has 69 heavy (non-hydrogen) atoms. The zero-order valence-electron chi connectivity index (χ0n) is 42.1. The fourth-order valence-corrected chi connectivity index (χ4v) is 11.1. The van der Waals surface area contributed by atoms with Crippen molar-refractivity contribution in [2.24, 2.45) is 0 Å². The van der Waals surface area contributed by atoms with Crippen molar-refractivity contribution in [2.75, 3.05) is 32.1 Å². The number of unbranched alkanes of at least 4 members (excludes halogenated alkanes) is 21. The molecule has 11 N–H and O–H groups in total. The molecular formula is C51H95N5O12S. The van der Waals surface area contributed by atoms with Crippen LogP contribution in [-0.2, 0) is 23.9 Å². The molecule has 11 atom stereocenters. The van der Waals surface area contributed by atoms with Crippen molar-refractivity contribution in [3.8, 4) is 0 Å². The quantitative estimate of drug-likeness (QED) is 0.0280. The van der Waals surface area contributed by atoms with Crippen LogP contribution in [0, 0.1) is 0 Å². The molecule has 3 aliphatic rings. The van der Waals surface area contributed by atoms with E-state index in [4.69, 9.17) is 9.47 Å². The molecule has 3 rings (SSSR count). The molecule has 0 aromatic rings. The van der Waals surface area contributed by atoms with E-state index >= 15 is 0 Å². The van der Waals surface area contributed by atoms with E-state index in [0.717, 1.165) is 115 Å². The van der Waals surface area contributed by atoms with E-state index in [2.05, 4.69) is 33.5 Å². The lowest BCUT2D eigenvalue weighted by molar-refractivity contribution is -0.303. The van der Waals surface area contributed by atoms with Gasteiger partial charge in [0.2, 0.25) is 17.7 Å². The monoisotopic (exact) mass is 1000 g/mol. The largest absolute Gasteiger partial charge is 0.394 e. The van der Waals surface area contributed by atoms with Crippen LogP contribution in [0.15, 0.2) is 0 Å². The highest BCUT2D eigenvalue weighted by atomic mass is 32.2. The van der Waals surface area contributed by atoms with Crippen LogP contribution >= 0.6 is 11.8 Å². The van der Waals surface area contributed by atoms with Crippen LogP contribution in [0.1, 0.15) is 200 Å². The third-order valence-corrected chi connectivity index (χ3v) is 15.4. The summed E-state index contributed by atoms with van der Waals surface area (Å²) < 4.78 is 11.2. The Kier molecular flexibility index (Phi) is 33.1. The molecule has 0 spiro atoms. The van der Waals surface area contributed by atoms with Gasteiger partial charge in [0.15, 0.2) is 6.29 Å². The van der Waals surface area contributed by atoms with Gasteiger partial charge in [0.25, 0.3) is 0 Å². The summed E-state index contributed by atoms with van der Waals surface area (Å²) >= 11 is 1.90. The minimum Gasteiger partial charge on any atom is -0.394 e. The van der Waals surface area contributed by atoms with Gasteiger partial charge in [-0.15, -0.1) is 0 Å². The molecule has 0 aliphatic carbocycles. The number of amides is 5. The van der Waals surface area contributed by atoms with E-state index < -0.39 is 55.6 Å². The van der Waals surface area contributed by atoms with Crippen LogP contribution in [0.3, 0.4) is 0 Å². The molecule has 3 heterocycles. The van der Waals surface area contributed by atoms with Crippen molar-refractivity contribution in [2.45, 2.75) is 266 Å². The van der Waals surface area contributed by atoms with Crippen LogP contribution in [0.5, 0.6) is 0 Å². The Balaban J connectivity index is 1.18. The minimum atomic E-state index is -1.63. The molecule has 17 nitrogen and oxygen atoms in total. The third-order valence-electron chi connectivity index (χ3n) is 13.9. The number of hydrogen-bond acceptors (Lipinski definition) is 13. The van der Waals surface area contributed by atoms with Gasteiger partial charge >= 0.3 is 6.03 Å². The predicted octanol–water partition coefficient (Wildman–Crippen LogP) is 5.13. The third kappa shape index (κ3) is 25.8. The second kappa shape index (κ2) is 37.5. The molecule has 0 saturated carbocycles. The fourth-order valence-electron chi connectivity index (χ4n) is 9.51. The highest BCUT2D eigenvalue weighted by Gasteiger charge is 2.45. The molecule has 0 unspecified atom stereocenters. The number of thioether (sulfide) groups is 1. The van der Waals surface area contributed by atoms with Crippen LogP contribution in [-0.4, -0.2) is 153 Å². The maximum Gasteiger partial charge on any atom is 0.315 e. The maximum atomic E-state index is 13.1. The van der Waals surface area contributed by atoms with E-state index in [-0.39, 0.29) is 48.9 Å². The number of ether oxygens (including phenoxy) is 2. The number of rotatable bonds is 42. The number of carbonyl (C=O) groups excluding carboxylic acids is 4. The molecular weight excluding hydrogens is 907 g/mol. The lowest BCUT2D eigenvalue weighted by Gasteiger charge is -2.40. The number of aliphatic hydroxyl groups excluding tert-OH is 6. The van der Waals surface area contributed by atoms with Gasteiger partial charge < -0.3 is 66.7 Å². The van der Waals surface area contributed by atoms with Gasteiger partial charge in [-0.05, 0) is 44.9 Å². The van der Waals surface area contributed by atoms with Gasteiger partial charge in [-0.2, -0.15) is 11.8 Å². The molecule has 402 valence electrons. The average molecular weight is 1000 g/mol. The summed E-state index contributed by atoms with van der Waals surface area (Å²) in [5.41, 5.74) is 0. The van der Waals surface area contributed by atoms with E-state index in [0.29, 0.717) is 44.0 Å². The Morgan fingerprint density at radius 1 is 0.667 bits per heavy atom. The predicted molar refractivity (Wildman–Crippen MR) is 269 cm³/mol. The molecule has 0 bridgehead atoms. The molecule has 0 aromatic carbocycles. The van der Waals surface area contributed by atoms with Crippen molar-refractivity contribution in [3.63, 3.8) is 0 Å². The van der Waals surface area contributed by atoms with Crippen LogP contribution in [0.4, 0.5) is 4.79 Å². The highest BCUT2D eigenvalue weighted by molar-refractivity contribution is 8.00. The standard InChI is InChI=1S/C51H95N5O12S/c1-2-3-4-5-6-7-8-9-10-13-16-20-27-39(58)46(62)37(35-67-50-49(65)48(64)47(63)40(34-57)68-50)54-44(61)31-21-17-14-11-12-15-18-25-32-52-42(59)29-22-19-26-33-53-43(60)30-24-23-28-41-45-38(36-69-41)55-51(66)56-45/h37-41,45-50,57-58,62-65H,2-36H2,1H3,(H,52,59)(H,53,60)(H,54,61)(H2,55,56,66)/t37-,38-,39+,40-,41-,45-,46-,47-,48-,49-,50-/m0/s1. The first-order chi connectivity index (χ1) is 33.4. The SMILES string of the molecule is CCCCCCCCCCCCCC[C@@H](O)[C@@H](O)[C@H](CO[C@H]1O[C@@H](CO)[C@H](O)[C@H](O)[C@@H]1O)NC(=O)CCCCCCCCCCNC(=O)CCCCCNC(=O)CCCC[C@@H]1SC[C@@H]2NC(=O)N[C@@H]21. The number of hydrogen-bond donors (Lipinski definition) is 11. The summed E-state index contributed by atoms with van der Waals surface area (Å²) in [6.45, 7) is 2.55. The number of urea groups is 1. The molecule has 18 heteroatoms. The normalized spacial score (nSPS) is 24.5. The van der Waals surface area contributed by atoms with E-state index in [1.807, 2.05) is 11.8 Å². The molecule has 0 radical (unpaired) electrons. The summed E-state index contributed by atoms with van der Waals surface area (Å²) in [5, 5.41) is 77.7. The van der Waals surface area contributed by atoms with E-state index in [9.17, 15) is 49.8 Å². The van der Waals surface area contributed by atoms with Gasteiger partial charge in [0.1, 0.15) is 30.5 Å². The van der Waals surface area contributed by atoms with Crippen molar-refractivity contribution >= 4 is 35.5 Å². The van der Waals surface area contributed by atoms with Crippen molar-refractivity contribution in [3.05, 3.63) is 0 Å². The molecule has 3 fully saturated rings. The molecule has 5 amide bonds. The zero-order chi connectivity index (χ0) is 50.1. The van der Waals surface area contributed by atoms with Crippen molar-refractivity contribution in [1.82, 2.24) is 26.6 Å². The van der Waals surface area contributed by atoms with Crippen LogP contribution in [0.2, 0.25) is 0 Å². The Bertz CT molecular complexity index is 1390. The number of nitrogens with one attached hydrogen (secondary N) is 5. The minimum absolute atomic E-state index is 0.0657. The number of aliphatic hydroxyl groups is 6. The van der Waals surface area contributed by atoms with Gasteiger partial charge in [-0.25, -0.2) is 4.79 Å². The summed E-state index contributed by atoms with van der Waals surface area (Å²) in [4.78, 5) is 49.1. The maximum absolute atomic E-state index is 13.1. The van der Waals surface area contributed by atoms with E-state index in [1.54, 1.807) is 0 Å². The topological polar surface area (TPSA) is 268 Å². The van der Waals surface area contributed by atoms with Gasteiger partial charge in [-0.3, -0.25) is 14.4 Å². The second-order valence-electron chi connectivity index (χ2n) is 19.9. The van der Waals surface area contributed by atoms with Gasteiger partial charge in [0, 0.05) is 43.4 Å². The first-order valence-corrected chi connectivity index (χ1v) is 28.3. The molecule has 3 saturated heterocycles. The Morgan fingerprint density at radius 3 is 1.75 bits per heavy atom. The molecule has 0 aromatic heterocycles. The number of fused-ring (bicyclic) bond motifs is 1. The smallest absolute Gasteiger partial charge is 0.315 e. The average Bonchev–Trinajstić information content (AvgIpc) is 3.90. The summed E-state index contributed by atoms with van der Waals surface area (Å²) in [6.07, 6.45) is 18.7. The van der Waals surface area contributed by atoms with Gasteiger partial charge in [0.05, 0.1) is 37.4 Å². The fraction of sp³-hybridized carbons (Fsp3) is 0.922. The first-order valence-electron chi connectivity index (χ1n) is 27.2. The Labute approximate surface area is 417 Å². The molecule has 3 aliphatic heterocycles. The van der Waals surface area contributed by atoms with Crippen LogP contribution in [0.25, 0.3) is 0 Å². The Hall–Kier alpha value is -2.29. The van der Waals surface area contributed by atoms with Crippen molar-refractivity contribution < 1.29 is 59.3 Å². The lowest BCUT2D eigenvalue weighted by Crippen LogP contribution is -2.60. The van der Waals surface area contributed by atoms with Crippen molar-refractivity contribution in [1.29, 1.82) is 0 Å². The zero-order valence-corrected chi connectivity index (χ0v) is 43.0. The Morgan fingerprint density at radius 2 is 1.17 bits per heavy atom. The summed E-state index contributed by atoms with van der Waals surface area (Å²) in [5.74, 6) is 0.777. The second-order valence-corrected chi connectivity index (χ2v) is 21.2. The highest BCUT2D eigenvalue weighted by Crippen LogP contribution is 2.33. The van der Waals surface area contributed by atoms with Crippen LogP contribution < -0.4 is 26.6 Å². The summed E-state index contributed by atoms with van der Waals surface area (Å²) in [6, 6.07) is -0.667. The van der Waals surface area contributed by atoms with Gasteiger partial charge in [-0.1, -0.05) is 135 Å². The first kappa shape index (κ1) is 61.0. The lowest BCUT2D eigenvalue weighted by atomic mass is 9.98.